The Bertz CT molecular complexity index is 1400. The molecule has 3 rings (SSSR count). The molecule has 1 aliphatic heterocycles. The number of carbonyl (C=O) groups is 3. The molecule has 0 radical (unpaired) electrons. The van der Waals surface area contributed by atoms with E-state index in [0.717, 1.165) is 0 Å². The molecule has 2 aromatic carbocycles. The highest BCUT2D eigenvalue weighted by Gasteiger charge is 2.32. The predicted octanol–water partition coefficient (Wildman–Crippen LogP) is 2.42. The van der Waals surface area contributed by atoms with E-state index in [2.05, 4.69) is 25.9 Å². The van der Waals surface area contributed by atoms with Crippen LogP contribution in [0.5, 0.6) is 23.0 Å². The Balaban J connectivity index is 1.67. The van der Waals surface area contributed by atoms with Gasteiger partial charge in [0.1, 0.15) is 6.61 Å². The SMILES string of the molecule is CCOc1cc([C@H]2NC(=O)NC(C)=C2C(=O)OC)ccc1OC[C@@H](O)N/N=C\c1cc(Cl)c(OCC(=O)OC)c(OC)c1. The van der Waals surface area contributed by atoms with Crippen molar-refractivity contribution in [1.29, 1.82) is 0 Å². The second kappa shape index (κ2) is 15.5. The van der Waals surface area contributed by atoms with Crippen LogP contribution in [-0.2, 0) is 19.1 Å². The predicted molar refractivity (Wildman–Crippen MR) is 154 cm³/mol. The van der Waals surface area contributed by atoms with Gasteiger partial charge in [0.25, 0.3) is 0 Å². The number of ether oxygens (including phenoxy) is 6. The Hall–Kier alpha value is -4.69. The van der Waals surface area contributed by atoms with Crippen LogP contribution in [-0.4, -0.2) is 76.7 Å². The molecule has 2 atom stereocenters. The molecular formula is C28H33ClN4O10. The zero-order valence-corrected chi connectivity index (χ0v) is 24.9. The summed E-state index contributed by atoms with van der Waals surface area (Å²) >= 11 is 6.28. The van der Waals surface area contributed by atoms with Crippen LogP contribution in [0.4, 0.5) is 4.79 Å². The number of halogens is 1. The van der Waals surface area contributed by atoms with Gasteiger partial charge < -0.3 is 44.2 Å². The van der Waals surface area contributed by atoms with Gasteiger partial charge in [-0.2, -0.15) is 5.10 Å². The third kappa shape index (κ3) is 8.66. The Kier molecular flexibility index (Phi) is 11.8. The van der Waals surface area contributed by atoms with Crippen molar-refractivity contribution in [3.63, 3.8) is 0 Å². The Morgan fingerprint density at radius 2 is 1.86 bits per heavy atom. The van der Waals surface area contributed by atoms with E-state index < -0.39 is 30.2 Å². The third-order valence-corrected chi connectivity index (χ3v) is 6.20. The number of methoxy groups -OCH3 is 3. The van der Waals surface area contributed by atoms with Gasteiger partial charge in [0.15, 0.2) is 35.8 Å². The van der Waals surface area contributed by atoms with Crippen molar-refractivity contribution in [3.8, 4) is 23.0 Å². The molecule has 4 N–H and O–H groups in total. The van der Waals surface area contributed by atoms with E-state index in [0.29, 0.717) is 34.9 Å². The number of nitrogens with one attached hydrogen (secondary N) is 3. The molecule has 232 valence electrons. The summed E-state index contributed by atoms with van der Waals surface area (Å²) in [4.78, 5) is 35.9. The number of esters is 2. The van der Waals surface area contributed by atoms with Crippen LogP contribution in [0, 0.1) is 0 Å². The second-order valence-corrected chi connectivity index (χ2v) is 9.22. The number of hydrogen-bond donors (Lipinski definition) is 4. The van der Waals surface area contributed by atoms with Gasteiger partial charge in [0, 0.05) is 5.70 Å². The van der Waals surface area contributed by atoms with Crippen molar-refractivity contribution < 1.29 is 47.9 Å². The molecule has 0 fully saturated rings. The zero-order valence-electron chi connectivity index (χ0n) is 24.2. The highest BCUT2D eigenvalue weighted by atomic mass is 35.5. The summed E-state index contributed by atoms with van der Waals surface area (Å²) in [5.74, 6) is -0.0894. The van der Waals surface area contributed by atoms with Gasteiger partial charge in [-0.3, -0.25) is 5.43 Å². The number of benzene rings is 2. The lowest BCUT2D eigenvalue weighted by molar-refractivity contribution is -0.143. The quantitative estimate of drug-likeness (QED) is 0.106. The molecule has 43 heavy (non-hydrogen) atoms. The van der Waals surface area contributed by atoms with Crippen LogP contribution in [0.15, 0.2) is 46.7 Å². The molecule has 2 aromatic rings. The molecule has 0 saturated heterocycles. The fraction of sp³-hybridized carbons (Fsp3) is 0.357. The first kappa shape index (κ1) is 32.8. The highest BCUT2D eigenvalue weighted by Crippen LogP contribution is 2.36. The number of aliphatic hydroxyl groups excluding tert-OH is 1. The maximum Gasteiger partial charge on any atom is 0.343 e. The van der Waals surface area contributed by atoms with Crippen LogP contribution in [0.25, 0.3) is 0 Å². The minimum absolute atomic E-state index is 0.166. The summed E-state index contributed by atoms with van der Waals surface area (Å²) in [7, 11) is 3.91. The topological polar surface area (TPSA) is 175 Å². The maximum absolute atomic E-state index is 12.4. The van der Waals surface area contributed by atoms with Crippen LogP contribution < -0.4 is 35.0 Å². The number of amides is 2. The van der Waals surface area contributed by atoms with Crippen LogP contribution in [0.3, 0.4) is 0 Å². The summed E-state index contributed by atoms with van der Waals surface area (Å²) in [5, 5.41) is 19.8. The number of allylic oxidation sites excluding steroid dienone is 1. The van der Waals surface area contributed by atoms with Gasteiger partial charge in [0.05, 0.1) is 50.8 Å². The van der Waals surface area contributed by atoms with Crippen LogP contribution in [0.2, 0.25) is 5.02 Å². The molecule has 0 aromatic heterocycles. The lowest BCUT2D eigenvalue weighted by atomic mass is 9.95. The minimum Gasteiger partial charge on any atom is -0.493 e. The lowest BCUT2D eigenvalue weighted by Crippen LogP contribution is -2.45. The maximum atomic E-state index is 12.4. The van der Waals surface area contributed by atoms with E-state index >= 15 is 0 Å². The fourth-order valence-electron chi connectivity index (χ4n) is 3.96. The summed E-state index contributed by atoms with van der Waals surface area (Å²) in [6.45, 7) is 3.15. The van der Waals surface area contributed by atoms with E-state index in [1.807, 2.05) is 0 Å². The average molecular weight is 621 g/mol. The number of aliphatic hydroxyl groups is 1. The molecular weight excluding hydrogens is 588 g/mol. The molecule has 1 aliphatic rings. The Labute approximate surface area is 252 Å². The molecule has 0 unspecified atom stereocenters. The number of carbonyl (C=O) groups excluding carboxylic acids is 3. The fourth-order valence-corrected chi connectivity index (χ4v) is 4.24. The van der Waals surface area contributed by atoms with Crippen LogP contribution >= 0.6 is 11.6 Å². The van der Waals surface area contributed by atoms with Gasteiger partial charge in [-0.25, -0.2) is 14.4 Å². The van der Waals surface area contributed by atoms with Gasteiger partial charge in [-0.15, -0.1) is 0 Å². The summed E-state index contributed by atoms with van der Waals surface area (Å²) < 4.78 is 31.6. The van der Waals surface area contributed by atoms with E-state index in [1.165, 1.54) is 33.6 Å². The number of urea groups is 1. The lowest BCUT2D eigenvalue weighted by Gasteiger charge is -2.28. The minimum atomic E-state index is -1.22. The van der Waals surface area contributed by atoms with E-state index in [1.54, 1.807) is 38.1 Å². The first-order valence-corrected chi connectivity index (χ1v) is 13.3. The van der Waals surface area contributed by atoms with Gasteiger partial charge >= 0.3 is 18.0 Å². The van der Waals surface area contributed by atoms with Crippen molar-refractivity contribution in [3.05, 3.63) is 57.8 Å². The Morgan fingerprint density at radius 1 is 1.09 bits per heavy atom. The van der Waals surface area contributed by atoms with Crippen molar-refractivity contribution in [1.82, 2.24) is 16.1 Å². The Morgan fingerprint density at radius 3 is 2.53 bits per heavy atom. The second-order valence-electron chi connectivity index (χ2n) is 8.81. The molecule has 15 heteroatoms. The standard InChI is InChI=1S/C28H33ClN4O10/c1-6-41-20-11-17(25-24(27(36)40-5)15(2)31-28(37)32-25)7-8-19(20)42-13-22(34)33-30-12-16-9-18(29)26(21(10-16)38-3)43-14-23(35)39-4/h7-12,22,25,33-34H,6,13-14H2,1-5H3,(H2,31,32,37)/b30-12-/t22-,25-/m1/s1. The molecule has 2 amide bonds. The van der Waals surface area contributed by atoms with Crippen molar-refractivity contribution >= 4 is 35.8 Å². The van der Waals surface area contributed by atoms with Crippen LogP contribution in [0.1, 0.15) is 31.0 Å². The molecule has 0 saturated carbocycles. The van der Waals surface area contributed by atoms with Gasteiger partial charge in [-0.1, -0.05) is 17.7 Å². The monoisotopic (exact) mass is 620 g/mol. The molecule has 1 heterocycles. The first-order chi connectivity index (χ1) is 20.6. The summed E-state index contributed by atoms with van der Waals surface area (Å²) in [6, 6.07) is 6.77. The average Bonchev–Trinajstić information content (AvgIpc) is 2.98. The van der Waals surface area contributed by atoms with E-state index in [4.69, 9.17) is 35.3 Å². The van der Waals surface area contributed by atoms with Gasteiger partial charge in [0.2, 0.25) is 0 Å². The number of rotatable bonds is 14. The number of hydrogen-bond acceptors (Lipinski definition) is 12. The molecule has 0 bridgehead atoms. The van der Waals surface area contributed by atoms with Crippen molar-refractivity contribution in [2.45, 2.75) is 26.1 Å². The van der Waals surface area contributed by atoms with E-state index in [-0.39, 0.29) is 35.3 Å². The van der Waals surface area contributed by atoms with E-state index in [9.17, 15) is 19.5 Å². The third-order valence-electron chi connectivity index (χ3n) is 5.92. The molecule has 0 spiro atoms. The molecule has 0 aliphatic carbocycles. The van der Waals surface area contributed by atoms with Crippen molar-refractivity contribution in [2.75, 3.05) is 41.2 Å². The largest absolute Gasteiger partial charge is 0.493 e. The summed E-state index contributed by atoms with van der Waals surface area (Å²) in [6.07, 6.45) is 0.176. The number of nitrogens with zero attached hydrogens (tertiary/aromatic N) is 1. The first-order valence-electron chi connectivity index (χ1n) is 12.9. The van der Waals surface area contributed by atoms with Crippen molar-refractivity contribution in [2.24, 2.45) is 5.10 Å². The molecule has 14 nitrogen and oxygen atoms in total. The number of hydrazone groups is 1. The summed E-state index contributed by atoms with van der Waals surface area (Å²) in [5.41, 5.74) is 4.24. The highest BCUT2D eigenvalue weighted by molar-refractivity contribution is 6.32. The van der Waals surface area contributed by atoms with Gasteiger partial charge in [-0.05, 0) is 49.2 Å². The zero-order chi connectivity index (χ0) is 31.5. The normalized spacial score (nSPS) is 15.2. The smallest absolute Gasteiger partial charge is 0.343 e.